The molecular formula is C70H43NO2. The van der Waals surface area contributed by atoms with Crippen LogP contribution in [0.5, 0.6) is 11.5 Å². The molecule has 13 aromatic rings. The minimum absolute atomic E-state index is 0.518. The molecule has 0 atom stereocenters. The van der Waals surface area contributed by atoms with Crippen LogP contribution in [-0.2, 0) is 10.8 Å². The second kappa shape index (κ2) is 15.0. The summed E-state index contributed by atoms with van der Waals surface area (Å²) in [6, 6.07) is 96.0. The third-order valence-electron chi connectivity index (χ3n) is 16.4. The summed E-state index contributed by atoms with van der Waals surface area (Å²) in [6.07, 6.45) is 0. The van der Waals surface area contributed by atoms with E-state index in [2.05, 4.69) is 260 Å². The third-order valence-corrected chi connectivity index (χ3v) is 16.4. The summed E-state index contributed by atoms with van der Waals surface area (Å²) < 4.78 is 13.8. The van der Waals surface area contributed by atoms with Crippen molar-refractivity contribution in [3.8, 4) is 33.8 Å². The maximum Gasteiger partial charge on any atom is 0.140 e. The Balaban J connectivity index is 0.990. The van der Waals surface area contributed by atoms with Crippen molar-refractivity contribution >= 4 is 60.5 Å². The number of hydrogen-bond donors (Lipinski definition) is 0. The number of benzene rings is 12. The Bertz CT molecular complexity index is 4310. The Morgan fingerprint density at radius 1 is 0.274 bits per heavy atom. The predicted octanol–water partition coefficient (Wildman–Crippen LogP) is 18.2. The fraction of sp³-hybridized carbons (Fsp3) is 0.0286. The molecule has 0 radical (unpaired) electrons. The van der Waals surface area contributed by atoms with Gasteiger partial charge in [0.2, 0.25) is 0 Å². The molecule has 0 fully saturated rings. The number of anilines is 3. The summed E-state index contributed by atoms with van der Waals surface area (Å²) in [4.78, 5) is 2.47. The summed E-state index contributed by atoms with van der Waals surface area (Å²) in [5.74, 6) is 1.81. The van der Waals surface area contributed by atoms with Crippen LogP contribution in [0.15, 0.2) is 265 Å². The standard InChI is InChI=1S/C70H43NO2/c1-3-19-46(20-4-1)69(47-21-5-2-6-22-47)59-28-14-12-26-54(59)57-41-48(34-39-61(57)69)71(49-35-40-66-58(42-49)56-27-13-16-30-65(56)72-66)50-33-36-55-53-25-11-15-29-60(53)70(64(55)43-50)62-37-31-44-17-7-9-23-51(44)67(62)73-68-52-24-10-8-18-45(52)32-38-63(68)70/h1-43H. The minimum Gasteiger partial charge on any atom is -0.456 e. The molecule has 2 aliphatic carbocycles. The Hall–Kier alpha value is -9.44. The van der Waals surface area contributed by atoms with Crippen LogP contribution < -0.4 is 9.64 Å². The number of fused-ring (bicyclic) bond motifs is 19. The van der Waals surface area contributed by atoms with E-state index in [-0.39, 0.29) is 0 Å². The van der Waals surface area contributed by atoms with Gasteiger partial charge in [0.25, 0.3) is 0 Å². The fourth-order valence-corrected chi connectivity index (χ4v) is 13.4. The molecule has 3 aliphatic rings. The first kappa shape index (κ1) is 40.3. The van der Waals surface area contributed by atoms with Gasteiger partial charge in [0.1, 0.15) is 22.7 Å². The summed E-state index contributed by atoms with van der Waals surface area (Å²) in [5.41, 5.74) is 18.4. The van der Waals surface area contributed by atoms with Gasteiger partial charge in [-0.3, -0.25) is 0 Å². The van der Waals surface area contributed by atoms with Crippen molar-refractivity contribution in [2.24, 2.45) is 0 Å². The molecule has 3 nitrogen and oxygen atoms in total. The Kier molecular flexibility index (Phi) is 8.30. The monoisotopic (exact) mass is 929 g/mol. The maximum atomic E-state index is 7.34. The van der Waals surface area contributed by atoms with Crippen LogP contribution in [0.25, 0.3) is 65.7 Å². The van der Waals surface area contributed by atoms with Crippen molar-refractivity contribution < 1.29 is 9.15 Å². The SMILES string of the molecule is c1ccc(C2(c3ccccc3)c3ccccc3-c3cc(N(c4ccc5c(c4)C4(c6ccccc6-5)c5ccc6ccccc6c5Oc5c4ccc4ccccc54)c4ccc5oc6ccccc6c5c4)ccc32)cc1. The van der Waals surface area contributed by atoms with Crippen LogP contribution in [0.2, 0.25) is 0 Å². The van der Waals surface area contributed by atoms with Crippen molar-refractivity contribution in [3.63, 3.8) is 0 Å². The molecule has 16 rings (SSSR count). The molecule has 340 valence electrons. The first-order valence-electron chi connectivity index (χ1n) is 25.2. The first-order chi connectivity index (χ1) is 36.2. The predicted molar refractivity (Wildman–Crippen MR) is 298 cm³/mol. The van der Waals surface area contributed by atoms with Gasteiger partial charge >= 0.3 is 0 Å². The highest BCUT2D eigenvalue weighted by molar-refractivity contribution is 6.07. The highest BCUT2D eigenvalue weighted by Gasteiger charge is 2.52. The molecule has 0 N–H and O–H groups in total. The van der Waals surface area contributed by atoms with Crippen molar-refractivity contribution in [3.05, 3.63) is 305 Å². The van der Waals surface area contributed by atoms with Gasteiger partial charge in [-0.05, 0) is 115 Å². The molecule has 0 bridgehead atoms. The number of rotatable bonds is 5. The van der Waals surface area contributed by atoms with Gasteiger partial charge < -0.3 is 14.1 Å². The Morgan fingerprint density at radius 2 is 0.740 bits per heavy atom. The molecule has 0 saturated heterocycles. The van der Waals surface area contributed by atoms with E-state index in [1.807, 2.05) is 6.07 Å². The zero-order valence-electron chi connectivity index (χ0n) is 39.6. The van der Waals surface area contributed by atoms with Crippen LogP contribution in [0.1, 0.15) is 44.5 Å². The van der Waals surface area contributed by atoms with Crippen LogP contribution in [0, 0.1) is 0 Å². The maximum absolute atomic E-state index is 7.34. The third kappa shape index (κ3) is 5.38. The normalized spacial score (nSPS) is 14.1. The molecule has 0 unspecified atom stereocenters. The number of para-hydroxylation sites is 1. The fourth-order valence-electron chi connectivity index (χ4n) is 13.4. The molecule has 2 heterocycles. The van der Waals surface area contributed by atoms with Gasteiger partial charge in [0, 0.05) is 49.7 Å². The van der Waals surface area contributed by atoms with Crippen molar-refractivity contribution in [2.45, 2.75) is 10.8 Å². The Morgan fingerprint density at radius 3 is 1.42 bits per heavy atom. The molecule has 3 heteroatoms. The van der Waals surface area contributed by atoms with Crippen LogP contribution in [0.3, 0.4) is 0 Å². The highest BCUT2D eigenvalue weighted by atomic mass is 16.5. The zero-order chi connectivity index (χ0) is 47.8. The lowest BCUT2D eigenvalue weighted by Crippen LogP contribution is -2.32. The van der Waals surface area contributed by atoms with E-state index >= 15 is 0 Å². The second-order valence-electron chi connectivity index (χ2n) is 19.8. The van der Waals surface area contributed by atoms with Crippen LogP contribution >= 0.6 is 0 Å². The molecular weight excluding hydrogens is 887 g/mol. The van der Waals surface area contributed by atoms with Crippen molar-refractivity contribution in [1.29, 1.82) is 0 Å². The average Bonchev–Trinajstić information content (AvgIpc) is 4.09. The largest absolute Gasteiger partial charge is 0.456 e. The Labute approximate surface area is 422 Å². The van der Waals surface area contributed by atoms with Gasteiger partial charge in [-0.2, -0.15) is 0 Å². The molecule has 1 aromatic heterocycles. The van der Waals surface area contributed by atoms with Crippen molar-refractivity contribution in [2.75, 3.05) is 4.90 Å². The van der Waals surface area contributed by atoms with E-state index in [4.69, 9.17) is 9.15 Å². The summed E-state index contributed by atoms with van der Waals surface area (Å²) in [5, 5.41) is 6.67. The van der Waals surface area contributed by atoms with E-state index in [9.17, 15) is 0 Å². The van der Waals surface area contributed by atoms with E-state index in [0.29, 0.717) is 0 Å². The topological polar surface area (TPSA) is 25.6 Å². The lowest BCUT2D eigenvalue weighted by molar-refractivity contribution is 0.447. The van der Waals surface area contributed by atoms with Gasteiger partial charge in [0.05, 0.1) is 10.8 Å². The molecule has 73 heavy (non-hydrogen) atoms. The van der Waals surface area contributed by atoms with Gasteiger partial charge in [0.15, 0.2) is 0 Å². The lowest BCUT2D eigenvalue weighted by Gasteiger charge is -2.40. The number of ether oxygens (including phenoxy) is 1. The molecule has 1 spiro atoms. The van der Waals surface area contributed by atoms with Crippen LogP contribution in [-0.4, -0.2) is 0 Å². The molecule has 12 aromatic carbocycles. The lowest BCUT2D eigenvalue weighted by atomic mass is 9.65. The van der Waals surface area contributed by atoms with Crippen LogP contribution in [0.4, 0.5) is 17.1 Å². The first-order valence-corrected chi connectivity index (χ1v) is 25.2. The number of furan rings is 1. The summed E-state index contributed by atoms with van der Waals surface area (Å²) >= 11 is 0. The molecule has 0 amide bonds. The summed E-state index contributed by atoms with van der Waals surface area (Å²) in [6.45, 7) is 0. The minimum atomic E-state index is -0.711. The number of hydrogen-bond acceptors (Lipinski definition) is 3. The van der Waals surface area contributed by atoms with E-state index in [0.717, 1.165) is 83.2 Å². The smallest absolute Gasteiger partial charge is 0.140 e. The zero-order valence-corrected chi connectivity index (χ0v) is 39.6. The second-order valence-corrected chi connectivity index (χ2v) is 19.8. The number of nitrogens with zero attached hydrogens (tertiary/aromatic N) is 1. The highest BCUT2D eigenvalue weighted by Crippen LogP contribution is 2.65. The van der Waals surface area contributed by atoms with E-state index < -0.39 is 10.8 Å². The quantitative estimate of drug-likeness (QED) is 0.172. The van der Waals surface area contributed by atoms with E-state index in [1.165, 1.54) is 55.6 Å². The van der Waals surface area contributed by atoms with Gasteiger partial charge in [-0.15, -0.1) is 0 Å². The summed E-state index contributed by atoms with van der Waals surface area (Å²) in [7, 11) is 0. The molecule has 0 saturated carbocycles. The van der Waals surface area contributed by atoms with Crippen molar-refractivity contribution in [1.82, 2.24) is 0 Å². The van der Waals surface area contributed by atoms with Gasteiger partial charge in [-0.1, -0.05) is 212 Å². The van der Waals surface area contributed by atoms with E-state index in [1.54, 1.807) is 0 Å². The average molecular weight is 930 g/mol. The van der Waals surface area contributed by atoms with Gasteiger partial charge in [-0.25, -0.2) is 0 Å². The molecule has 1 aliphatic heterocycles.